The van der Waals surface area contributed by atoms with Gasteiger partial charge in [0.1, 0.15) is 12.4 Å². The first-order chi connectivity index (χ1) is 14.0. The third-order valence-electron chi connectivity index (χ3n) is 4.05. The number of hydrogen-bond acceptors (Lipinski definition) is 6. The number of aromatic nitrogens is 3. The molecule has 0 N–H and O–H groups in total. The first-order valence-corrected chi connectivity index (χ1v) is 10.5. The molecule has 0 spiro atoms. The summed E-state index contributed by atoms with van der Waals surface area (Å²) in [5.41, 5.74) is 2.30. The van der Waals surface area contributed by atoms with Crippen molar-refractivity contribution in [2.24, 2.45) is 0 Å². The SMILES string of the molecule is Cc1ccc(OCc2nnc(SCC(=O)OC(C)C)n2Cc2ccccc2)cc1. The molecule has 0 radical (unpaired) electrons. The quantitative estimate of drug-likeness (QED) is 0.387. The van der Waals surface area contributed by atoms with Crippen molar-refractivity contribution in [3.05, 3.63) is 71.5 Å². The molecule has 0 aliphatic heterocycles. The number of carbonyl (C=O) groups excluding carboxylic acids is 1. The standard InChI is InChI=1S/C22H25N3O3S/c1-16(2)28-21(26)15-29-22-24-23-20(14-27-19-11-9-17(3)10-12-19)25(22)13-18-7-5-4-6-8-18/h4-12,16H,13-15H2,1-3H3. The fraction of sp³-hybridized carbons (Fsp3) is 0.318. The van der Waals surface area contributed by atoms with Gasteiger partial charge < -0.3 is 9.47 Å². The number of thioether (sulfide) groups is 1. The summed E-state index contributed by atoms with van der Waals surface area (Å²) in [7, 11) is 0. The predicted molar refractivity (Wildman–Crippen MR) is 113 cm³/mol. The molecule has 2 aromatic carbocycles. The summed E-state index contributed by atoms with van der Waals surface area (Å²) >= 11 is 1.32. The molecular formula is C22H25N3O3S. The molecule has 0 aliphatic rings. The first-order valence-electron chi connectivity index (χ1n) is 9.49. The number of aryl methyl sites for hydroxylation is 1. The molecule has 29 heavy (non-hydrogen) atoms. The van der Waals surface area contributed by atoms with Crippen LogP contribution >= 0.6 is 11.8 Å². The maximum atomic E-state index is 11.9. The summed E-state index contributed by atoms with van der Waals surface area (Å²) in [4.78, 5) is 11.9. The normalized spacial score (nSPS) is 10.9. The zero-order chi connectivity index (χ0) is 20.6. The molecule has 1 aromatic heterocycles. The topological polar surface area (TPSA) is 66.2 Å². The summed E-state index contributed by atoms with van der Waals surface area (Å²) < 4.78 is 13.1. The third kappa shape index (κ3) is 6.35. The number of ether oxygens (including phenoxy) is 2. The Balaban J connectivity index is 1.74. The summed E-state index contributed by atoms with van der Waals surface area (Å²) in [6, 6.07) is 17.9. The Morgan fingerprint density at radius 2 is 1.79 bits per heavy atom. The van der Waals surface area contributed by atoms with Crippen molar-refractivity contribution < 1.29 is 14.3 Å². The maximum Gasteiger partial charge on any atom is 0.316 e. The highest BCUT2D eigenvalue weighted by atomic mass is 32.2. The lowest BCUT2D eigenvalue weighted by Crippen LogP contribution is -2.14. The summed E-state index contributed by atoms with van der Waals surface area (Å²) in [5.74, 6) is 1.40. The van der Waals surface area contributed by atoms with Gasteiger partial charge in [-0.25, -0.2) is 0 Å². The molecule has 0 bridgehead atoms. The van der Waals surface area contributed by atoms with E-state index in [1.807, 2.05) is 79.9 Å². The van der Waals surface area contributed by atoms with Gasteiger partial charge in [0.15, 0.2) is 11.0 Å². The Labute approximate surface area is 175 Å². The van der Waals surface area contributed by atoms with Gasteiger partial charge in [0.25, 0.3) is 0 Å². The Morgan fingerprint density at radius 1 is 1.07 bits per heavy atom. The van der Waals surface area contributed by atoms with Crippen LogP contribution in [0.5, 0.6) is 5.75 Å². The lowest BCUT2D eigenvalue weighted by atomic mass is 10.2. The minimum absolute atomic E-state index is 0.135. The zero-order valence-corrected chi connectivity index (χ0v) is 17.7. The van der Waals surface area contributed by atoms with Crippen LogP contribution in [-0.4, -0.2) is 32.6 Å². The summed E-state index contributed by atoms with van der Waals surface area (Å²) in [5, 5.41) is 9.24. The Hall–Kier alpha value is -2.80. The smallest absolute Gasteiger partial charge is 0.316 e. The van der Waals surface area contributed by atoms with Crippen molar-refractivity contribution in [3.63, 3.8) is 0 Å². The van der Waals surface area contributed by atoms with Gasteiger partial charge in [0, 0.05) is 0 Å². The van der Waals surface area contributed by atoms with Crippen molar-refractivity contribution in [3.8, 4) is 5.75 Å². The highest BCUT2D eigenvalue weighted by Crippen LogP contribution is 2.21. The Kier molecular flexibility index (Phi) is 7.30. The molecule has 0 fully saturated rings. The first kappa shape index (κ1) is 20.9. The number of hydrogen-bond donors (Lipinski definition) is 0. The van der Waals surface area contributed by atoms with Crippen LogP contribution in [0.2, 0.25) is 0 Å². The predicted octanol–water partition coefficient (Wildman–Crippen LogP) is 4.26. The third-order valence-corrected chi connectivity index (χ3v) is 4.99. The van der Waals surface area contributed by atoms with E-state index >= 15 is 0 Å². The van der Waals surface area contributed by atoms with Crippen LogP contribution in [0.3, 0.4) is 0 Å². The fourth-order valence-corrected chi connectivity index (χ4v) is 3.40. The molecule has 3 aromatic rings. The van der Waals surface area contributed by atoms with Gasteiger partial charge in [0.2, 0.25) is 0 Å². The molecule has 7 heteroatoms. The largest absolute Gasteiger partial charge is 0.486 e. The van der Waals surface area contributed by atoms with Crippen molar-refractivity contribution >= 4 is 17.7 Å². The van der Waals surface area contributed by atoms with E-state index in [9.17, 15) is 4.79 Å². The molecule has 0 amide bonds. The van der Waals surface area contributed by atoms with Gasteiger partial charge in [-0.1, -0.05) is 59.8 Å². The number of benzene rings is 2. The second-order valence-electron chi connectivity index (χ2n) is 6.90. The van der Waals surface area contributed by atoms with E-state index in [4.69, 9.17) is 9.47 Å². The number of rotatable bonds is 9. The van der Waals surface area contributed by atoms with E-state index < -0.39 is 0 Å². The second kappa shape index (κ2) is 10.1. The van der Waals surface area contributed by atoms with Gasteiger partial charge in [-0.05, 0) is 38.5 Å². The highest BCUT2D eigenvalue weighted by molar-refractivity contribution is 7.99. The molecule has 6 nitrogen and oxygen atoms in total. The van der Waals surface area contributed by atoms with Gasteiger partial charge in [-0.3, -0.25) is 9.36 Å². The average molecular weight is 412 g/mol. The van der Waals surface area contributed by atoms with E-state index in [1.54, 1.807) is 0 Å². The number of carbonyl (C=O) groups is 1. The van der Waals surface area contributed by atoms with Crippen LogP contribution in [-0.2, 0) is 22.7 Å². The van der Waals surface area contributed by atoms with Gasteiger partial charge >= 0.3 is 5.97 Å². The van der Waals surface area contributed by atoms with E-state index in [1.165, 1.54) is 17.3 Å². The van der Waals surface area contributed by atoms with Crippen LogP contribution in [0.15, 0.2) is 59.8 Å². The molecule has 1 heterocycles. The van der Waals surface area contributed by atoms with Crippen molar-refractivity contribution in [1.29, 1.82) is 0 Å². The van der Waals surface area contributed by atoms with Crippen LogP contribution in [0.1, 0.15) is 30.8 Å². The van der Waals surface area contributed by atoms with Crippen molar-refractivity contribution in [2.75, 3.05) is 5.75 Å². The minimum atomic E-state index is -0.267. The number of nitrogens with zero attached hydrogens (tertiary/aromatic N) is 3. The minimum Gasteiger partial charge on any atom is -0.486 e. The van der Waals surface area contributed by atoms with E-state index in [2.05, 4.69) is 10.2 Å². The lowest BCUT2D eigenvalue weighted by molar-refractivity contribution is -0.144. The van der Waals surface area contributed by atoms with Crippen LogP contribution in [0.4, 0.5) is 0 Å². The fourth-order valence-electron chi connectivity index (χ4n) is 2.66. The number of esters is 1. The monoisotopic (exact) mass is 411 g/mol. The highest BCUT2D eigenvalue weighted by Gasteiger charge is 2.16. The summed E-state index contributed by atoms with van der Waals surface area (Å²) in [6.07, 6.45) is -0.135. The molecule has 3 rings (SSSR count). The molecule has 0 saturated carbocycles. The van der Waals surface area contributed by atoms with Crippen LogP contribution in [0, 0.1) is 6.92 Å². The van der Waals surface area contributed by atoms with E-state index in [-0.39, 0.29) is 17.8 Å². The lowest BCUT2D eigenvalue weighted by Gasteiger charge is -2.12. The maximum absolute atomic E-state index is 11.9. The van der Waals surface area contributed by atoms with Crippen molar-refractivity contribution in [2.45, 2.75) is 45.2 Å². The Morgan fingerprint density at radius 3 is 2.48 bits per heavy atom. The molecule has 0 unspecified atom stereocenters. The zero-order valence-electron chi connectivity index (χ0n) is 16.9. The van der Waals surface area contributed by atoms with E-state index in [0.717, 1.165) is 11.3 Å². The molecule has 0 atom stereocenters. The molecule has 0 aliphatic carbocycles. The average Bonchev–Trinajstić information content (AvgIpc) is 3.08. The van der Waals surface area contributed by atoms with Crippen molar-refractivity contribution in [1.82, 2.24) is 14.8 Å². The van der Waals surface area contributed by atoms with Gasteiger partial charge in [-0.15, -0.1) is 10.2 Å². The Bertz CT molecular complexity index is 924. The molecule has 152 valence electrons. The molecular weight excluding hydrogens is 386 g/mol. The van der Waals surface area contributed by atoms with Crippen LogP contribution < -0.4 is 4.74 Å². The second-order valence-corrected chi connectivity index (χ2v) is 7.84. The van der Waals surface area contributed by atoms with Gasteiger partial charge in [-0.2, -0.15) is 0 Å². The van der Waals surface area contributed by atoms with E-state index in [0.29, 0.717) is 24.1 Å². The van der Waals surface area contributed by atoms with Gasteiger partial charge in [0.05, 0.1) is 18.4 Å². The summed E-state index contributed by atoms with van der Waals surface area (Å²) in [6.45, 7) is 6.60. The molecule has 0 saturated heterocycles. The van der Waals surface area contributed by atoms with Crippen LogP contribution in [0.25, 0.3) is 0 Å².